The Bertz CT molecular complexity index is 985. The van der Waals surface area contributed by atoms with Crippen molar-refractivity contribution in [3.63, 3.8) is 0 Å². The molecule has 33 heavy (non-hydrogen) atoms. The maximum Gasteiger partial charge on any atom is 0.327 e. The predicted molar refractivity (Wildman–Crippen MR) is 126 cm³/mol. The number of nitrogen functional groups attached to an aromatic ring is 1. The number of fused-ring (bicyclic) bond motifs is 1. The number of hydrogen-bond donors (Lipinski definition) is 3. The summed E-state index contributed by atoms with van der Waals surface area (Å²) in [5, 5.41) is 18.0. The van der Waals surface area contributed by atoms with Crippen LogP contribution in [-0.2, 0) is 19.2 Å². The fraction of sp³-hybridized carbons (Fsp3) is 0.667. The molecule has 3 heterocycles. The van der Waals surface area contributed by atoms with Crippen LogP contribution in [-0.4, -0.2) is 66.3 Å². The molecular weight excluding hydrogens is 466 g/mol. The lowest BCUT2D eigenvalue weighted by molar-refractivity contribution is -0.160. The van der Waals surface area contributed by atoms with Crippen LogP contribution in [0.25, 0.3) is 0 Å². The molecule has 1 aliphatic carbocycles. The largest absolute Gasteiger partial charge is 0.480 e. The van der Waals surface area contributed by atoms with Gasteiger partial charge < -0.3 is 25.9 Å². The normalized spacial score (nSPS) is 28.5. The van der Waals surface area contributed by atoms with E-state index in [1.807, 2.05) is 6.92 Å². The third kappa shape index (κ3) is 4.54. The van der Waals surface area contributed by atoms with Gasteiger partial charge in [0.05, 0.1) is 0 Å². The Morgan fingerprint density at radius 1 is 1.27 bits per heavy atom. The number of thioether (sulfide) groups is 1. The monoisotopic (exact) mass is 495 g/mol. The number of aliphatic carboxylic acids is 1. The number of nitrogens with two attached hydrogens (primary N) is 1. The van der Waals surface area contributed by atoms with E-state index in [9.17, 15) is 19.5 Å². The second-order valence-corrected chi connectivity index (χ2v) is 12.2. The van der Waals surface area contributed by atoms with Crippen LogP contribution in [0.5, 0.6) is 0 Å². The number of nitrogens with one attached hydrogen (secondary N) is 1. The Hall–Kier alpha value is -2.34. The van der Waals surface area contributed by atoms with Gasteiger partial charge in [0, 0.05) is 10.1 Å². The first-order valence-corrected chi connectivity index (χ1v) is 12.8. The number of carboxylic acid groups (broad SMARTS) is 1. The summed E-state index contributed by atoms with van der Waals surface area (Å²) < 4.78 is -0.677. The van der Waals surface area contributed by atoms with Crippen molar-refractivity contribution in [1.29, 1.82) is 0 Å². The molecule has 180 valence electrons. The Balaban J connectivity index is 1.53. The average Bonchev–Trinajstić information content (AvgIpc) is 3.18. The number of carbonyl (C=O) groups is 3. The maximum atomic E-state index is 13.2. The highest BCUT2D eigenvalue weighted by atomic mass is 32.2. The van der Waals surface area contributed by atoms with Crippen molar-refractivity contribution in [2.75, 3.05) is 5.73 Å². The van der Waals surface area contributed by atoms with Gasteiger partial charge in [-0.25, -0.2) is 9.78 Å². The number of amides is 2. The first kappa shape index (κ1) is 23.8. The van der Waals surface area contributed by atoms with E-state index in [0.717, 1.165) is 38.5 Å². The number of carbonyl (C=O) groups excluding carboxylic acids is 2. The van der Waals surface area contributed by atoms with Crippen molar-refractivity contribution in [2.45, 2.75) is 87.1 Å². The second kappa shape index (κ2) is 8.79. The summed E-state index contributed by atoms with van der Waals surface area (Å²) in [4.78, 5) is 49.1. The molecule has 4 rings (SSSR count). The molecule has 2 amide bonds. The molecule has 12 heteroatoms. The summed E-state index contributed by atoms with van der Waals surface area (Å²) in [6, 6.07) is -1.79. The van der Waals surface area contributed by atoms with Crippen LogP contribution in [0.3, 0.4) is 0 Å². The van der Waals surface area contributed by atoms with Crippen LogP contribution in [0, 0.1) is 0 Å². The van der Waals surface area contributed by atoms with Crippen molar-refractivity contribution in [3.8, 4) is 0 Å². The lowest BCUT2D eigenvalue weighted by Gasteiger charge is -2.43. The average molecular weight is 496 g/mol. The zero-order valence-electron chi connectivity index (χ0n) is 18.9. The van der Waals surface area contributed by atoms with Crippen molar-refractivity contribution in [2.24, 2.45) is 5.16 Å². The first-order chi connectivity index (χ1) is 15.5. The molecule has 0 bridgehead atoms. The number of hydrogen-bond acceptors (Lipinski definition) is 9. The van der Waals surface area contributed by atoms with Crippen LogP contribution >= 0.6 is 23.1 Å². The van der Waals surface area contributed by atoms with E-state index in [2.05, 4.69) is 15.5 Å². The van der Waals surface area contributed by atoms with Crippen LogP contribution in [0.15, 0.2) is 10.5 Å². The van der Waals surface area contributed by atoms with Gasteiger partial charge in [0.1, 0.15) is 28.8 Å². The fourth-order valence-electron chi connectivity index (χ4n) is 4.68. The molecule has 10 nitrogen and oxygen atoms in total. The van der Waals surface area contributed by atoms with E-state index < -0.39 is 45.6 Å². The fourth-order valence-corrected chi connectivity index (χ4v) is 6.85. The van der Waals surface area contributed by atoms with Gasteiger partial charge in [-0.15, -0.1) is 23.1 Å². The van der Waals surface area contributed by atoms with E-state index in [0.29, 0.717) is 0 Å². The van der Waals surface area contributed by atoms with Crippen molar-refractivity contribution >= 4 is 51.7 Å². The van der Waals surface area contributed by atoms with Crippen molar-refractivity contribution in [1.82, 2.24) is 15.2 Å². The number of oxime groups is 1. The van der Waals surface area contributed by atoms with E-state index in [-0.39, 0.29) is 16.5 Å². The Labute approximate surface area is 200 Å². The number of thiazole rings is 1. The summed E-state index contributed by atoms with van der Waals surface area (Å²) >= 11 is 2.54. The highest BCUT2D eigenvalue weighted by Crippen LogP contribution is 2.50. The van der Waals surface area contributed by atoms with Crippen LogP contribution < -0.4 is 11.1 Å². The minimum absolute atomic E-state index is 0.0447. The summed E-state index contributed by atoms with van der Waals surface area (Å²) in [6.07, 6.45) is 6.03. The highest BCUT2D eigenvalue weighted by Gasteiger charge is 2.64. The zero-order chi connectivity index (χ0) is 24.0. The van der Waals surface area contributed by atoms with Crippen LogP contribution in [0.4, 0.5) is 5.13 Å². The van der Waals surface area contributed by atoms with Gasteiger partial charge >= 0.3 is 5.97 Å². The number of β-lactam (4-membered cyclic amide) rings is 1. The van der Waals surface area contributed by atoms with Gasteiger partial charge in [-0.1, -0.05) is 18.0 Å². The molecule has 1 aromatic rings. The van der Waals surface area contributed by atoms with E-state index >= 15 is 0 Å². The number of anilines is 1. The lowest BCUT2D eigenvalue weighted by atomic mass is 9.96. The number of nitrogens with zero attached hydrogens (tertiary/aromatic N) is 3. The second-order valence-electron chi connectivity index (χ2n) is 9.52. The highest BCUT2D eigenvalue weighted by molar-refractivity contribution is 8.01. The molecule has 0 radical (unpaired) electrons. The quantitative estimate of drug-likeness (QED) is 0.235. The molecule has 0 spiro atoms. The Morgan fingerprint density at radius 2 is 1.94 bits per heavy atom. The number of carboxylic acids is 1. The maximum absolute atomic E-state index is 13.2. The van der Waals surface area contributed by atoms with Crippen molar-refractivity contribution in [3.05, 3.63) is 11.1 Å². The molecule has 2 saturated heterocycles. The summed E-state index contributed by atoms with van der Waals surface area (Å²) in [6.45, 7) is 5.56. The van der Waals surface area contributed by atoms with Crippen LogP contribution in [0.1, 0.15) is 65.0 Å². The third-order valence-electron chi connectivity index (χ3n) is 6.46. The topological polar surface area (TPSA) is 147 Å². The lowest BCUT2D eigenvalue weighted by Crippen LogP contribution is -2.71. The molecular formula is C21H29N5O5S2. The first-order valence-electron chi connectivity index (χ1n) is 11.0. The Kier molecular flexibility index (Phi) is 6.34. The van der Waals surface area contributed by atoms with Gasteiger partial charge in [0.15, 0.2) is 10.8 Å². The van der Waals surface area contributed by atoms with Gasteiger partial charge in [-0.2, -0.15) is 0 Å². The molecule has 0 unspecified atom stereocenters. The number of rotatable bonds is 6. The van der Waals surface area contributed by atoms with E-state index in [1.54, 1.807) is 19.2 Å². The molecule has 4 N–H and O–H groups in total. The molecule has 1 aromatic heterocycles. The molecule has 2 aliphatic heterocycles. The van der Waals surface area contributed by atoms with Crippen molar-refractivity contribution < 1.29 is 24.3 Å². The summed E-state index contributed by atoms with van der Waals surface area (Å²) in [5.74, 6) is -2.08. The van der Waals surface area contributed by atoms with E-state index in [4.69, 9.17) is 10.6 Å². The standard InChI is InChI=1S/C21H29N5O5S2/c1-20(2)14(18(29)30)26-16(28)13(17(26)33-20)24-15(27)12(11-10-32-19(22)23-11)25-31-21(3)8-6-4-5-7-9-21/h10,13-14,17H,4-9H2,1-3H3,(H2,22,23)(H,24,27)(H,29,30)/b25-12-/t13-,14-,17+/m0/s1. The minimum atomic E-state index is -1.06. The van der Waals surface area contributed by atoms with Gasteiger partial charge in [-0.3, -0.25) is 9.59 Å². The van der Waals surface area contributed by atoms with Gasteiger partial charge in [-0.05, 0) is 46.5 Å². The summed E-state index contributed by atoms with van der Waals surface area (Å²) in [5.41, 5.74) is 5.52. The van der Waals surface area contributed by atoms with E-state index in [1.165, 1.54) is 28.0 Å². The SMILES string of the molecule is CC1(O/N=C(\C(=O)N[C@H]2C(=O)N3[C@@H]2SC(C)(C)[C@@H]3C(=O)O)c2csc(N)n2)CCCCCC1. The minimum Gasteiger partial charge on any atom is -0.480 e. The molecule has 3 atom stereocenters. The number of aromatic nitrogens is 1. The molecule has 3 aliphatic rings. The Morgan fingerprint density at radius 3 is 2.52 bits per heavy atom. The zero-order valence-corrected chi connectivity index (χ0v) is 20.5. The molecule has 3 fully saturated rings. The summed E-state index contributed by atoms with van der Waals surface area (Å²) in [7, 11) is 0. The third-order valence-corrected chi connectivity index (χ3v) is 8.71. The predicted octanol–water partition coefficient (Wildman–Crippen LogP) is 2.19. The molecule has 0 aromatic carbocycles. The van der Waals surface area contributed by atoms with Gasteiger partial charge in [0.2, 0.25) is 5.91 Å². The molecule has 1 saturated carbocycles. The van der Waals surface area contributed by atoms with Crippen LogP contribution in [0.2, 0.25) is 0 Å². The smallest absolute Gasteiger partial charge is 0.327 e. The van der Waals surface area contributed by atoms with Gasteiger partial charge in [0.25, 0.3) is 5.91 Å².